The fourth-order valence-corrected chi connectivity index (χ4v) is 3.07. The lowest BCUT2D eigenvalue weighted by molar-refractivity contribution is 0.0416. The third-order valence-electron chi connectivity index (χ3n) is 4.54. The van der Waals surface area contributed by atoms with Gasteiger partial charge in [0.1, 0.15) is 17.2 Å². The summed E-state index contributed by atoms with van der Waals surface area (Å²) in [5, 5.41) is 0. The Morgan fingerprint density at radius 2 is 1.93 bits per heavy atom. The number of carbonyl (C=O) groups is 2. The number of amides is 1. The Bertz CT molecular complexity index is 946. The first-order chi connectivity index (χ1) is 13.7. The summed E-state index contributed by atoms with van der Waals surface area (Å²) in [4.78, 5) is 26.4. The molecule has 0 radical (unpaired) electrons. The predicted molar refractivity (Wildman–Crippen MR) is 101 cm³/mol. The maximum atomic E-state index is 12.6. The maximum absolute atomic E-state index is 12.6. The molecule has 144 valence electrons. The molecule has 2 aliphatic rings. The number of carbonyl (C=O) groups excluding carboxylic acids is 2. The number of morpholine rings is 1. The van der Waals surface area contributed by atoms with Gasteiger partial charge in [0.25, 0.3) is 0 Å². The summed E-state index contributed by atoms with van der Waals surface area (Å²) >= 11 is 0. The second kappa shape index (κ2) is 7.74. The summed E-state index contributed by atoms with van der Waals surface area (Å²) in [6.07, 6.45) is 1.19. The number of ketones is 1. The average molecular weight is 381 g/mol. The summed E-state index contributed by atoms with van der Waals surface area (Å²) in [5.41, 5.74) is 1.16. The minimum Gasteiger partial charge on any atom is -0.496 e. The number of para-hydroxylation sites is 1. The van der Waals surface area contributed by atoms with E-state index in [0.717, 1.165) is 5.56 Å². The van der Waals surface area contributed by atoms with Crippen LogP contribution in [0.3, 0.4) is 0 Å². The smallest absolute Gasteiger partial charge is 0.415 e. The van der Waals surface area contributed by atoms with Gasteiger partial charge >= 0.3 is 6.09 Å². The molecule has 0 aromatic heterocycles. The van der Waals surface area contributed by atoms with Crippen LogP contribution in [0.25, 0.3) is 6.08 Å². The zero-order chi connectivity index (χ0) is 19.5. The zero-order valence-corrected chi connectivity index (χ0v) is 15.3. The average Bonchev–Trinajstić information content (AvgIpc) is 3.04. The van der Waals surface area contributed by atoms with Crippen molar-refractivity contribution in [3.05, 3.63) is 59.4 Å². The fraction of sp³-hybridized carbons (Fsp3) is 0.238. The topological polar surface area (TPSA) is 74.3 Å². The molecule has 0 aliphatic carbocycles. The summed E-state index contributed by atoms with van der Waals surface area (Å²) in [6, 6.07) is 12.1. The van der Waals surface area contributed by atoms with Crippen LogP contribution in [-0.2, 0) is 4.74 Å². The van der Waals surface area contributed by atoms with Gasteiger partial charge in [0, 0.05) is 24.7 Å². The highest BCUT2D eigenvalue weighted by molar-refractivity contribution is 6.14. The van der Waals surface area contributed by atoms with Crippen LogP contribution in [0.4, 0.5) is 4.79 Å². The lowest BCUT2D eigenvalue weighted by atomic mass is 10.1. The molecule has 1 amide bonds. The van der Waals surface area contributed by atoms with Crippen molar-refractivity contribution < 1.29 is 28.5 Å². The van der Waals surface area contributed by atoms with Gasteiger partial charge in [-0.2, -0.15) is 0 Å². The molecule has 0 spiro atoms. The molecule has 4 rings (SSSR count). The van der Waals surface area contributed by atoms with E-state index in [-0.39, 0.29) is 11.5 Å². The van der Waals surface area contributed by atoms with Crippen molar-refractivity contribution in [1.29, 1.82) is 0 Å². The number of methoxy groups -OCH3 is 1. The molecule has 2 aromatic rings. The van der Waals surface area contributed by atoms with Crippen LogP contribution >= 0.6 is 0 Å². The molecule has 0 N–H and O–H groups in total. The van der Waals surface area contributed by atoms with Crippen LogP contribution in [0.1, 0.15) is 15.9 Å². The van der Waals surface area contributed by atoms with E-state index < -0.39 is 6.09 Å². The lowest BCUT2D eigenvalue weighted by Gasteiger charge is -2.25. The Morgan fingerprint density at radius 3 is 2.71 bits per heavy atom. The molecule has 28 heavy (non-hydrogen) atoms. The van der Waals surface area contributed by atoms with Crippen LogP contribution in [0.15, 0.2) is 48.2 Å². The van der Waals surface area contributed by atoms with Gasteiger partial charge in [-0.3, -0.25) is 4.79 Å². The number of Topliss-reactive ketones (excluding diaryl/α,β-unsaturated/α-hetero) is 1. The van der Waals surface area contributed by atoms with E-state index in [2.05, 4.69) is 0 Å². The molecule has 7 nitrogen and oxygen atoms in total. The number of allylic oxidation sites excluding steroid dienone is 1. The third-order valence-corrected chi connectivity index (χ3v) is 4.54. The highest BCUT2D eigenvalue weighted by atomic mass is 16.6. The largest absolute Gasteiger partial charge is 0.496 e. The minimum absolute atomic E-state index is 0.191. The minimum atomic E-state index is -0.447. The monoisotopic (exact) mass is 381 g/mol. The zero-order valence-electron chi connectivity index (χ0n) is 15.3. The van der Waals surface area contributed by atoms with Crippen LogP contribution in [0.2, 0.25) is 0 Å². The molecule has 1 saturated heterocycles. The van der Waals surface area contributed by atoms with Crippen LogP contribution < -0.4 is 14.2 Å². The lowest BCUT2D eigenvalue weighted by Crippen LogP contribution is -2.42. The van der Waals surface area contributed by atoms with E-state index in [1.807, 2.05) is 24.3 Å². The Kier molecular flexibility index (Phi) is 4.99. The van der Waals surface area contributed by atoms with Gasteiger partial charge < -0.3 is 23.8 Å². The van der Waals surface area contributed by atoms with Gasteiger partial charge in [-0.15, -0.1) is 0 Å². The second-order valence-corrected chi connectivity index (χ2v) is 6.31. The van der Waals surface area contributed by atoms with Gasteiger partial charge in [-0.25, -0.2) is 4.79 Å². The summed E-state index contributed by atoms with van der Waals surface area (Å²) in [6.45, 7) is 1.97. The number of hydrogen-bond donors (Lipinski definition) is 0. The van der Waals surface area contributed by atoms with Gasteiger partial charge in [0.15, 0.2) is 5.76 Å². The molecule has 2 aromatic carbocycles. The number of ether oxygens (including phenoxy) is 4. The van der Waals surface area contributed by atoms with E-state index in [0.29, 0.717) is 49.1 Å². The Labute approximate surface area is 162 Å². The van der Waals surface area contributed by atoms with Gasteiger partial charge in [0.05, 0.1) is 25.9 Å². The van der Waals surface area contributed by atoms with E-state index >= 15 is 0 Å². The van der Waals surface area contributed by atoms with Gasteiger partial charge in [0.2, 0.25) is 5.78 Å². The predicted octanol–water partition coefficient (Wildman–Crippen LogP) is 3.14. The summed E-state index contributed by atoms with van der Waals surface area (Å²) in [7, 11) is 1.57. The first kappa shape index (κ1) is 18.1. The molecular weight excluding hydrogens is 362 g/mol. The van der Waals surface area contributed by atoms with Gasteiger partial charge in [-0.05, 0) is 24.3 Å². The molecule has 0 unspecified atom stereocenters. The molecule has 0 bridgehead atoms. The normalized spacial score (nSPS) is 17.2. The van der Waals surface area contributed by atoms with Crippen molar-refractivity contribution in [3.8, 4) is 17.2 Å². The van der Waals surface area contributed by atoms with Gasteiger partial charge in [-0.1, -0.05) is 18.2 Å². The summed E-state index contributed by atoms with van der Waals surface area (Å²) < 4.78 is 21.7. The van der Waals surface area contributed by atoms with Crippen molar-refractivity contribution in [2.75, 3.05) is 33.4 Å². The molecule has 2 heterocycles. The van der Waals surface area contributed by atoms with Crippen LogP contribution in [-0.4, -0.2) is 50.2 Å². The number of benzene rings is 2. The van der Waals surface area contributed by atoms with Crippen molar-refractivity contribution in [2.24, 2.45) is 0 Å². The Morgan fingerprint density at radius 1 is 1.14 bits per heavy atom. The van der Waals surface area contributed by atoms with Crippen molar-refractivity contribution >= 4 is 18.0 Å². The van der Waals surface area contributed by atoms with Crippen molar-refractivity contribution in [1.82, 2.24) is 4.90 Å². The second-order valence-electron chi connectivity index (χ2n) is 6.31. The Balaban J connectivity index is 1.53. The Hall–Kier alpha value is -3.32. The van der Waals surface area contributed by atoms with Crippen molar-refractivity contribution in [2.45, 2.75) is 0 Å². The molecule has 2 aliphatic heterocycles. The number of rotatable bonds is 3. The molecule has 0 atom stereocenters. The highest BCUT2D eigenvalue weighted by Gasteiger charge is 2.29. The van der Waals surface area contributed by atoms with Crippen molar-refractivity contribution in [3.63, 3.8) is 0 Å². The number of nitrogens with zero attached hydrogens (tertiary/aromatic N) is 1. The van der Waals surface area contributed by atoms with Crippen LogP contribution in [0, 0.1) is 0 Å². The maximum Gasteiger partial charge on any atom is 0.415 e. The standard InChI is InChI=1S/C21H19NO6/c1-25-17-5-3-2-4-14(17)12-19-20(23)16-7-6-15(13-18(16)28-19)27-21(24)22-8-10-26-11-9-22/h2-7,12-13H,8-11H2,1H3. The SMILES string of the molecule is COc1ccccc1C=C1Oc2cc(OC(=O)N3CCOCC3)ccc2C1=O. The summed E-state index contributed by atoms with van der Waals surface area (Å²) in [5.74, 6) is 1.28. The molecule has 7 heteroatoms. The molecule has 1 fully saturated rings. The fourth-order valence-electron chi connectivity index (χ4n) is 3.07. The van der Waals surface area contributed by atoms with E-state index in [1.165, 1.54) is 0 Å². The first-order valence-electron chi connectivity index (χ1n) is 8.91. The number of fused-ring (bicyclic) bond motifs is 1. The quantitative estimate of drug-likeness (QED) is 0.761. The third kappa shape index (κ3) is 3.57. The van der Waals surface area contributed by atoms with E-state index in [4.69, 9.17) is 18.9 Å². The number of hydrogen-bond acceptors (Lipinski definition) is 6. The first-order valence-corrected chi connectivity index (χ1v) is 8.91. The van der Waals surface area contributed by atoms with E-state index in [1.54, 1.807) is 36.3 Å². The van der Waals surface area contributed by atoms with E-state index in [9.17, 15) is 9.59 Å². The van der Waals surface area contributed by atoms with Crippen LogP contribution in [0.5, 0.6) is 17.2 Å². The highest BCUT2D eigenvalue weighted by Crippen LogP contribution is 2.35. The molecular formula is C21H19NO6. The molecule has 0 saturated carbocycles.